The minimum atomic E-state index is -3.55. The zero-order chi connectivity index (χ0) is 15.7. The van der Waals surface area contributed by atoms with Crippen LogP contribution in [0, 0.1) is 5.92 Å². The van der Waals surface area contributed by atoms with E-state index in [0.717, 1.165) is 16.3 Å². The second-order valence-electron chi connectivity index (χ2n) is 5.69. The SMILES string of the molecule is NS(=O)(=O)CC1CC(=O)N(Cc2cccc3cnccc23)C1. The first-order chi connectivity index (χ1) is 10.4. The third-order valence-electron chi connectivity index (χ3n) is 3.89. The van der Waals surface area contributed by atoms with Crippen LogP contribution in [0.3, 0.4) is 0 Å². The summed E-state index contributed by atoms with van der Waals surface area (Å²) in [6.45, 7) is 0.901. The lowest BCUT2D eigenvalue weighted by atomic mass is 10.1. The van der Waals surface area contributed by atoms with Gasteiger partial charge in [0.25, 0.3) is 0 Å². The second-order valence-corrected chi connectivity index (χ2v) is 7.35. The number of likely N-dealkylation sites (tertiary alicyclic amines) is 1. The second kappa shape index (κ2) is 5.66. The summed E-state index contributed by atoms with van der Waals surface area (Å²) in [4.78, 5) is 17.9. The molecule has 3 rings (SSSR count). The fourth-order valence-electron chi connectivity index (χ4n) is 2.98. The third kappa shape index (κ3) is 3.26. The van der Waals surface area contributed by atoms with Crippen LogP contribution < -0.4 is 5.14 Å². The Labute approximate surface area is 129 Å². The quantitative estimate of drug-likeness (QED) is 0.905. The molecule has 1 aliphatic heterocycles. The fourth-order valence-corrected chi connectivity index (χ4v) is 3.86. The zero-order valence-electron chi connectivity index (χ0n) is 12.0. The van der Waals surface area contributed by atoms with Crippen molar-refractivity contribution < 1.29 is 13.2 Å². The highest BCUT2D eigenvalue weighted by atomic mass is 32.2. The number of rotatable bonds is 4. The summed E-state index contributed by atoms with van der Waals surface area (Å²) >= 11 is 0. The number of carbonyl (C=O) groups is 1. The lowest BCUT2D eigenvalue weighted by Gasteiger charge is -2.18. The van der Waals surface area contributed by atoms with Crippen molar-refractivity contribution >= 4 is 26.7 Å². The van der Waals surface area contributed by atoms with Gasteiger partial charge in [-0.1, -0.05) is 18.2 Å². The van der Waals surface area contributed by atoms with Crippen molar-refractivity contribution in [3.8, 4) is 0 Å². The minimum absolute atomic E-state index is 0.0280. The monoisotopic (exact) mass is 319 g/mol. The minimum Gasteiger partial charge on any atom is -0.338 e. The average Bonchev–Trinajstić information content (AvgIpc) is 2.77. The Hall–Kier alpha value is -1.99. The summed E-state index contributed by atoms with van der Waals surface area (Å²) in [5.74, 6) is -0.395. The molecule has 0 radical (unpaired) electrons. The standard InChI is InChI=1S/C15H17N3O3S/c16-22(20,21)10-11-6-15(19)18(8-11)9-13-3-1-2-12-7-17-5-4-14(12)13/h1-5,7,11H,6,8-10H2,(H2,16,20,21). The van der Waals surface area contributed by atoms with Crippen LogP contribution in [0.4, 0.5) is 0 Å². The van der Waals surface area contributed by atoms with Crippen LogP contribution in [0.25, 0.3) is 10.8 Å². The number of nitrogens with zero attached hydrogens (tertiary/aromatic N) is 2. The summed E-state index contributed by atoms with van der Waals surface area (Å²) in [7, 11) is -3.55. The number of primary sulfonamides is 1. The summed E-state index contributed by atoms with van der Waals surface area (Å²) in [6.07, 6.45) is 3.75. The Balaban J connectivity index is 1.79. The highest BCUT2D eigenvalue weighted by Crippen LogP contribution is 2.24. The topological polar surface area (TPSA) is 93.4 Å². The molecule has 0 saturated carbocycles. The maximum Gasteiger partial charge on any atom is 0.223 e. The molecule has 0 aliphatic carbocycles. The van der Waals surface area contributed by atoms with E-state index in [-0.39, 0.29) is 24.0 Å². The van der Waals surface area contributed by atoms with Gasteiger partial charge in [-0.2, -0.15) is 0 Å². The van der Waals surface area contributed by atoms with Gasteiger partial charge in [-0.05, 0) is 17.0 Å². The van der Waals surface area contributed by atoms with Gasteiger partial charge in [-0.15, -0.1) is 0 Å². The van der Waals surface area contributed by atoms with Gasteiger partial charge in [0.1, 0.15) is 0 Å². The molecule has 2 N–H and O–H groups in total. The van der Waals surface area contributed by atoms with E-state index in [1.54, 1.807) is 17.3 Å². The van der Waals surface area contributed by atoms with Gasteiger partial charge in [0, 0.05) is 43.2 Å². The maximum absolute atomic E-state index is 12.1. The maximum atomic E-state index is 12.1. The Bertz CT molecular complexity index is 814. The molecule has 1 fully saturated rings. The molecule has 0 spiro atoms. The average molecular weight is 319 g/mol. The van der Waals surface area contributed by atoms with Crippen LogP contribution in [0.5, 0.6) is 0 Å². The van der Waals surface area contributed by atoms with Crippen LogP contribution in [-0.4, -0.2) is 36.5 Å². The Morgan fingerprint density at radius 2 is 2.14 bits per heavy atom. The van der Waals surface area contributed by atoms with E-state index >= 15 is 0 Å². The summed E-state index contributed by atoms with van der Waals surface area (Å²) < 4.78 is 22.3. The number of hydrogen-bond donors (Lipinski definition) is 1. The van der Waals surface area contributed by atoms with Crippen molar-refractivity contribution in [3.63, 3.8) is 0 Å². The first-order valence-corrected chi connectivity index (χ1v) is 8.74. The number of aromatic nitrogens is 1. The number of carbonyl (C=O) groups excluding carboxylic acids is 1. The third-order valence-corrected chi connectivity index (χ3v) is 4.83. The molecule has 1 atom stereocenters. The van der Waals surface area contributed by atoms with Crippen LogP contribution in [0.15, 0.2) is 36.7 Å². The first-order valence-electron chi connectivity index (χ1n) is 7.02. The molecular formula is C15H17N3O3S. The number of fused-ring (bicyclic) bond motifs is 1. The number of benzene rings is 1. The molecule has 1 aromatic carbocycles. The highest BCUT2D eigenvalue weighted by molar-refractivity contribution is 7.89. The van der Waals surface area contributed by atoms with Gasteiger partial charge in [-0.3, -0.25) is 9.78 Å². The van der Waals surface area contributed by atoms with Gasteiger partial charge in [0.2, 0.25) is 15.9 Å². The van der Waals surface area contributed by atoms with Crippen molar-refractivity contribution in [2.75, 3.05) is 12.3 Å². The molecule has 6 nitrogen and oxygen atoms in total. The molecular weight excluding hydrogens is 302 g/mol. The van der Waals surface area contributed by atoms with Crippen molar-refractivity contribution in [2.45, 2.75) is 13.0 Å². The van der Waals surface area contributed by atoms with Crippen molar-refractivity contribution in [3.05, 3.63) is 42.2 Å². The Morgan fingerprint density at radius 1 is 1.32 bits per heavy atom. The number of hydrogen-bond acceptors (Lipinski definition) is 4. The van der Waals surface area contributed by atoms with Crippen LogP contribution >= 0.6 is 0 Å². The molecule has 1 aromatic heterocycles. The van der Waals surface area contributed by atoms with Gasteiger partial charge in [0.05, 0.1) is 5.75 Å². The molecule has 7 heteroatoms. The van der Waals surface area contributed by atoms with E-state index in [1.807, 2.05) is 24.3 Å². The van der Waals surface area contributed by atoms with Crippen molar-refractivity contribution in [1.82, 2.24) is 9.88 Å². The zero-order valence-corrected chi connectivity index (χ0v) is 12.8. The Morgan fingerprint density at radius 3 is 2.91 bits per heavy atom. The molecule has 0 bridgehead atoms. The van der Waals surface area contributed by atoms with Crippen molar-refractivity contribution in [2.24, 2.45) is 11.1 Å². The number of pyridine rings is 1. The van der Waals surface area contributed by atoms with Gasteiger partial charge in [0.15, 0.2) is 0 Å². The van der Waals surface area contributed by atoms with E-state index in [2.05, 4.69) is 4.98 Å². The van der Waals surface area contributed by atoms with Crippen LogP contribution in [0.2, 0.25) is 0 Å². The summed E-state index contributed by atoms with van der Waals surface area (Å²) in [5, 5.41) is 7.15. The Kier molecular flexibility index (Phi) is 3.84. The molecule has 116 valence electrons. The molecule has 22 heavy (non-hydrogen) atoms. The van der Waals surface area contributed by atoms with Crippen molar-refractivity contribution in [1.29, 1.82) is 0 Å². The molecule has 1 aliphatic rings. The molecule has 2 aromatic rings. The van der Waals surface area contributed by atoms with Crippen LogP contribution in [-0.2, 0) is 21.4 Å². The predicted molar refractivity (Wildman–Crippen MR) is 83.2 cm³/mol. The summed E-state index contributed by atoms with van der Waals surface area (Å²) in [6, 6.07) is 7.80. The first kappa shape index (κ1) is 14.9. The highest BCUT2D eigenvalue weighted by Gasteiger charge is 2.31. The summed E-state index contributed by atoms with van der Waals surface area (Å²) in [5.41, 5.74) is 1.03. The van der Waals surface area contributed by atoms with E-state index < -0.39 is 10.0 Å². The van der Waals surface area contributed by atoms with Crippen LogP contribution in [0.1, 0.15) is 12.0 Å². The van der Waals surface area contributed by atoms with Gasteiger partial charge in [-0.25, -0.2) is 13.6 Å². The number of amides is 1. The molecule has 1 amide bonds. The van der Waals surface area contributed by atoms with E-state index in [0.29, 0.717) is 13.1 Å². The fraction of sp³-hybridized carbons (Fsp3) is 0.333. The molecule has 2 heterocycles. The lowest BCUT2D eigenvalue weighted by Crippen LogP contribution is -2.27. The lowest BCUT2D eigenvalue weighted by molar-refractivity contribution is -0.128. The smallest absolute Gasteiger partial charge is 0.223 e. The van der Waals surface area contributed by atoms with Gasteiger partial charge >= 0.3 is 0 Å². The van der Waals surface area contributed by atoms with Gasteiger partial charge < -0.3 is 4.90 Å². The normalized spacial score (nSPS) is 19.0. The molecule has 1 unspecified atom stereocenters. The largest absolute Gasteiger partial charge is 0.338 e. The number of sulfonamides is 1. The predicted octanol–water partition coefficient (Wildman–Crippen LogP) is 0.872. The van der Waals surface area contributed by atoms with E-state index in [9.17, 15) is 13.2 Å². The van der Waals surface area contributed by atoms with E-state index in [1.165, 1.54) is 0 Å². The van der Waals surface area contributed by atoms with E-state index in [4.69, 9.17) is 5.14 Å². The number of nitrogens with two attached hydrogens (primary N) is 1. The molecule has 1 saturated heterocycles.